The summed E-state index contributed by atoms with van der Waals surface area (Å²) in [6, 6.07) is 0.131. The highest BCUT2D eigenvalue weighted by Crippen LogP contribution is 2.33. The summed E-state index contributed by atoms with van der Waals surface area (Å²) in [5.74, 6) is 0.332. The number of hydrogen-bond acceptors (Lipinski definition) is 3. The molecule has 0 amide bonds. The van der Waals surface area contributed by atoms with Gasteiger partial charge in [-0.1, -0.05) is 13.3 Å². The molecule has 2 atom stereocenters. The van der Waals surface area contributed by atoms with Gasteiger partial charge >= 0.3 is 0 Å². The number of nitrogens with one attached hydrogen (secondary N) is 1. The van der Waals surface area contributed by atoms with E-state index in [2.05, 4.69) is 4.72 Å². The monoisotopic (exact) mass is 193 g/mol. The van der Waals surface area contributed by atoms with Crippen molar-refractivity contribution in [2.75, 3.05) is 12.4 Å². The first-order valence-electron chi connectivity index (χ1n) is 4.20. The van der Waals surface area contributed by atoms with Gasteiger partial charge < -0.3 is 5.11 Å². The van der Waals surface area contributed by atoms with Crippen molar-refractivity contribution < 1.29 is 13.5 Å². The lowest BCUT2D eigenvalue weighted by Gasteiger charge is -2.02. The van der Waals surface area contributed by atoms with Crippen molar-refractivity contribution in [1.29, 1.82) is 0 Å². The normalized spacial score (nSPS) is 28.8. The van der Waals surface area contributed by atoms with Crippen LogP contribution < -0.4 is 4.72 Å². The lowest BCUT2D eigenvalue weighted by atomic mass is 10.3. The van der Waals surface area contributed by atoms with Crippen LogP contribution in [0, 0.1) is 5.92 Å². The Kier molecular flexibility index (Phi) is 3.09. The van der Waals surface area contributed by atoms with E-state index in [1.165, 1.54) is 0 Å². The molecule has 0 heterocycles. The van der Waals surface area contributed by atoms with Gasteiger partial charge in [0.05, 0.1) is 12.4 Å². The third-order valence-corrected chi connectivity index (χ3v) is 3.52. The van der Waals surface area contributed by atoms with Crippen molar-refractivity contribution in [3.05, 3.63) is 0 Å². The van der Waals surface area contributed by atoms with E-state index in [1.54, 1.807) is 0 Å². The van der Waals surface area contributed by atoms with Crippen LogP contribution in [0.15, 0.2) is 0 Å². The molecule has 0 radical (unpaired) electrons. The Morgan fingerprint density at radius 2 is 2.25 bits per heavy atom. The summed E-state index contributed by atoms with van der Waals surface area (Å²) < 4.78 is 24.7. The minimum absolute atomic E-state index is 0.131. The predicted molar refractivity (Wildman–Crippen MR) is 46.2 cm³/mol. The Bertz CT molecular complexity index is 237. The lowest BCUT2D eigenvalue weighted by molar-refractivity contribution is 0.319. The fourth-order valence-electron chi connectivity index (χ4n) is 1.25. The molecule has 1 rings (SSSR count). The highest BCUT2D eigenvalue weighted by atomic mass is 32.2. The Morgan fingerprint density at radius 3 is 2.67 bits per heavy atom. The smallest absolute Gasteiger partial charge is 0.214 e. The molecule has 2 N–H and O–H groups in total. The fourth-order valence-corrected chi connectivity index (χ4v) is 2.36. The van der Waals surface area contributed by atoms with Gasteiger partial charge in [-0.15, -0.1) is 0 Å². The van der Waals surface area contributed by atoms with E-state index in [9.17, 15) is 8.42 Å². The van der Waals surface area contributed by atoms with Crippen LogP contribution in [-0.4, -0.2) is 31.9 Å². The lowest BCUT2D eigenvalue weighted by Crippen LogP contribution is -2.30. The molecule has 2 unspecified atom stereocenters. The maximum absolute atomic E-state index is 11.1. The second-order valence-electron chi connectivity index (χ2n) is 3.17. The van der Waals surface area contributed by atoms with Gasteiger partial charge in [0, 0.05) is 6.04 Å². The maximum Gasteiger partial charge on any atom is 0.214 e. The van der Waals surface area contributed by atoms with Crippen molar-refractivity contribution in [1.82, 2.24) is 4.72 Å². The fraction of sp³-hybridized carbons (Fsp3) is 1.00. The number of aliphatic hydroxyl groups excluding tert-OH is 1. The molecule has 72 valence electrons. The molecule has 1 aliphatic carbocycles. The van der Waals surface area contributed by atoms with Crippen molar-refractivity contribution in [2.24, 2.45) is 5.92 Å². The maximum atomic E-state index is 11.1. The van der Waals surface area contributed by atoms with Crippen LogP contribution in [-0.2, 0) is 10.0 Å². The summed E-state index contributed by atoms with van der Waals surface area (Å²) in [5.41, 5.74) is 0. The molecular formula is C7H15NO3S. The molecular weight excluding hydrogens is 178 g/mol. The van der Waals surface area contributed by atoms with E-state index in [-0.39, 0.29) is 18.4 Å². The van der Waals surface area contributed by atoms with Crippen LogP contribution in [0.5, 0.6) is 0 Å². The van der Waals surface area contributed by atoms with E-state index in [0.29, 0.717) is 5.92 Å². The molecule has 0 aromatic carbocycles. The Balaban J connectivity index is 2.32. The molecule has 5 heteroatoms. The Morgan fingerprint density at radius 1 is 1.58 bits per heavy atom. The number of sulfonamides is 1. The van der Waals surface area contributed by atoms with Gasteiger partial charge in [0.1, 0.15) is 0 Å². The SMILES string of the molecule is CCC1CC1NS(=O)(=O)CCO. The number of hydrogen-bond donors (Lipinski definition) is 2. The average Bonchev–Trinajstić information content (AvgIpc) is 2.66. The van der Waals surface area contributed by atoms with Gasteiger partial charge in [-0.25, -0.2) is 13.1 Å². The highest BCUT2D eigenvalue weighted by Gasteiger charge is 2.37. The van der Waals surface area contributed by atoms with E-state index >= 15 is 0 Å². The van der Waals surface area contributed by atoms with E-state index in [1.807, 2.05) is 6.92 Å². The van der Waals surface area contributed by atoms with Gasteiger partial charge in [0.25, 0.3) is 0 Å². The first-order valence-corrected chi connectivity index (χ1v) is 5.85. The molecule has 4 nitrogen and oxygen atoms in total. The largest absolute Gasteiger partial charge is 0.395 e. The summed E-state index contributed by atoms with van der Waals surface area (Å²) in [7, 11) is -3.21. The van der Waals surface area contributed by atoms with Gasteiger partial charge in [-0.3, -0.25) is 0 Å². The summed E-state index contributed by atoms with van der Waals surface area (Å²) in [6.45, 7) is 1.74. The minimum atomic E-state index is -3.21. The van der Waals surface area contributed by atoms with E-state index < -0.39 is 10.0 Å². The minimum Gasteiger partial charge on any atom is -0.395 e. The highest BCUT2D eigenvalue weighted by molar-refractivity contribution is 7.89. The van der Waals surface area contributed by atoms with Crippen LogP contribution in [0.2, 0.25) is 0 Å². The van der Waals surface area contributed by atoms with Crippen molar-refractivity contribution >= 4 is 10.0 Å². The van der Waals surface area contributed by atoms with Gasteiger partial charge in [-0.05, 0) is 12.3 Å². The van der Waals surface area contributed by atoms with Crippen LogP contribution in [0.4, 0.5) is 0 Å². The first-order chi connectivity index (χ1) is 5.59. The molecule has 0 saturated heterocycles. The zero-order valence-corrected chi connectivity index (χ0v) is 7.97. The Hall–Kier alpha value is -0.130. The molecule has 12 heavy (non-hydrogen) atoms. The van der Waals surface area contributed by atoms with Gasteiger partial charge in [0.2, 0.25) is 10.0 Å². The van der Waals surface area contributed by atoms with E-state index in [0.717, 1.165) is 12.8 Å². The third kappa shape index (κ3) is 2.73. The van der Waals surface area contributed by atoms with Crippen LogP contribution in [0.3, 0.4) is 0 Å². The van der Waals surface area contributed by atoms with Crippen LogP contribution in [0.1, 0.15) is 19.8 Å². The third-order valence-electron chi connectivity index (χ3n) is 2.14. The molecule has 1 saturated carbocycles. The molecule has 0 spiro atoms. The molecule has 1 aliphatic rings. The van der Waals surface area contributed by atoms with Gasteiger partial charge in [0.15, 0.2) is 0 Å². The topological polar surface area (TPSA) is 66.4 Å². The summed E-state index contributed by atoms with van der Waals surface area (Å²) in [5, 5.41) is 8.44. The van der Waals surface area contributed by atoms with Gasteiger partial charge in [-0.2, -0.15) is 0 Å². The second kappa shape index (κ2) is 3.72. The summed E-state index contributed by atoms with van der Waals surface area (Å²) in [4.78, 5) is 0. The zero-order chi connectivity index (χ0) is 9.19. The standard InChI is InChI=1S/C7H15NO3S/c1-2-6-5-7(6)8-12(10,11)4-3-9/h6-9H,2-5H2,1H3. The molecule has 0 bridgehead atoms. The van der Waals surface area contributed by atoms with E-state index in [4.69, 9.17) is 5.11 Å². The molecule has 0 aliphatic heterocycles. The van der Waals surface area contributed by atoms with Crippen molar-refractivity contribution in [3.8, 4) is 0 Å². The Labute approximate surface area is 73.0 Å². The van der Waals surface area contributed by atoms with Crippen molar-refractivity contribution in [3.63, 3.8) is 0 Å². The molecule has 0 aromatic heterocycles. The zero-order valence-electron chi connectivity index (χ0n) is 7.16. The average molecular weight is 193 g/mol. The quantitative estimate of drug-likeness (QED) is 0.630. The first kappa shape index (κ1) is 9.95. The molecule has 0 aromatic rings. The molecule has 1 fully saturated rings. The number of aliphatic hydroxyl groups is 1. The summed E-state index contributed by atoms with van der Waals surface area (Å²) in [6.07, 6.45) is 1.97. The second-order valence-corrected chi connectivity index (χ2v) is 5.04. The van der Waals surface area contributed by atoms with Crippen LogP contribution >= 0.6 is 0 Å². The van der Waals surface area contributed by atoms with Crippen LogP contribution in [0.25, 0.3) is 0 Å². The predicted octanol–water partition coefficient (Wildman–Crippen LogP) is -0.303. The summed E-state index contributed by atoms with van der Waals surface area (Å²) >= 11 is 0. The van der Waals surface area contributed by atoms with Crippen molar-refractivity contribution in [2.45, 2.75) is 25.8 Å². The number of rotatable bonds is 5.